The molecule has 4 heteroatoms. The molecule has 74 valence electrons. The molecule has 0 amide bonds. The quantitative estimate of drug-likeness (QED) is 0.638. The van der Waals surface area contributed by atoms with Gasteiger partial charge in [0.05, 0.1) is 6.54 Å². The van der Waals surface area contributed by atoms with Gasteiger partial charge in [-0.1, -0.05) is 6.92 Å². The van der Waals surface area contributed by atoms with Gasteiger partial charge in [-0.3, -0.25) is 0 Å². The van der Waals surface area contributed by atoms with Crippen molar-refractivity contribution < 1.29 is 14.5 Å². The Labute approximate surface area is 78.2 Å². The first-order chi connectivity index (χ1) is 6.11. The summed E-state index contributed by atoms with van der Waals surface area (Å²) in [5.41, 5.74) is 0. The zero-order valence-corrected chi connectivity index (χ0v) is 8.33. The average Bonchev–Trinajstić information content (AvgIpc) is 2.49. The molecule has 0 bridgehead atoms. The fourth-order valence-corrected chi connectivity index (χ4v) is 0.998. The van der Waals surface area contributed by atoms with Crippen molar-refractivity contribution in [2.75, 3.05) is 0 Å². The number of nitrogens with zero attached hydrogens (tertiary/aromatic N) is 1. The Morgan fingerprint density at radius 2 is 2.15 bits per heavy atom. The van der Waals surface area contributed by atoms with Crippen LogP contribution in [0.25, 0.3) is 0 Å². The third kappa shape index (κ3) is 5.00. The molecule has 1 rings (SSSR count). The zero-order chi connectivity index (χ0) is 10.3. The van der Waals surface area contributed by atoms with Crippen LogP contribution in [0.1, 0.15) is 26.6 Å². The standard InChI is InChI=1S/C7H12N2.C2H4O2/c1-3-7-8-5-6-9(7)4-2;1-2(3)4/h5-6H,3-4H2,1-2H3;1H3,(H,3,4). The number of aliphatic carboxylic acids is 1. The number of rotatable bonds is 2. The lowest BCUT2D eigenvalue weighted by molar-refractivity contribution is -0.699. The first kappa shape index (κ1) is 11.7. The summed E-state index contributed by atoms with van der Waals surface area (Å²) in [6, 6.07) is 0. The van der Waals surface area contributed by atoms with Crippen molar-refractivity contribution in [2.45, 2.75) is 33.7 Å². The number of H-pyrrole nitrogens is 1. The second-order valence-electron chi connectivity index (χ2n) is 2.54. The molecule has 0 saturated carbocycles. The molecule has 0 aliphatic carbocycles. The molecule has 13 heavy (non-hydrogen) atoms. The summed E-state index contributed by atoms with van der Waals surface area (Å²) in [7, 11) is 0. The number of carbonyl (C=O) groups is 1. The number of carboxylic acids is 1. The van der Waals surface area contributed by atoms with Crippen LogP contribution in [-0.4, -0.2) is 11.0 Å². The van der Waals surface area contributed by atoms with Gasteiger partial charge in [0.15, 0.2) is 0 Å². The van der Waals surface area contributed by atoms with Crippen molar-refractivity contribution in [3.8, 4) is 0 Å². The molecule has 1 aromatic rings. The van der Waals surface area contributed by atoms with Crippen molar-refractivity contribution in [1.29, 1.82) is 0 Å². The Balaban J connectivity index is 0.000000310. The fourth-order valence-electron chi connectivity index (χ4n) is 0.998. The highest BCUT2D eigenvalue weighted by atomic mass is 16.4. The first-order valence-corrected chi connectivity index (χ1v) is 4.35. The van der Waals surface area contributed by atoms with Gasteiger partial charge in [-0.25, -0.2) is 9.55 Å². The second kappa shape index (κ2) is 6.22. The van der Waals surface area contributed by atoms with Crippen LogP contribution in [0.2, 0.25) is 0 Å². The number of aromatic nitrogens is 2. The van der Waals surface area contributed by atoms with Crippen molar-refractivity contribution in [1.82, 2.24) is 4.98 Å². The summed E-state index contributed by atoms with van der Waals surface area (Å²) in [5, 5.41) is 8.89. The summed E-state index contributed by atoms with van der Waals surface area (Å²) in [5.74, 6) is 0.220. The van der Waals surface area contributed by atoms with Crippen LogP contribution in [0.15, 0.2) is 12.4 Å². The lowest BCUT2D eigenvalue weighted by atomic mass is 10.4. The van der Waals surface area contributed by atoms with Gasteiger partial charge < -0.3 is 9.90 Å². The van der Waals surface area contributed by atoms with Gasteiger partial charge in [0.1, 0.15) is 12.4 Å². The first-order valence-electron chi connectivity index (χ1n) is 4.35. The maximum absolute atomic E-state index is 8.89. The lowest BCUT2D eigenvalue weighted by Crippen LogP contribution is -2.34. The smallest absolute Gasteiger partial charge is 0.253 e. The van der Waals surface area contributed by atoms with Crippen LogP contribution in [0.4, 0.5) is 0 Å². The second-order valence-corrected chi connectivity index (χ2v) is 2.54. The van der Waals surface area contributed by atoms with Gasteiger partial charge in [-0.15, -0.1) is 0 Å². The van der Waals surface area contributed by atoms with Gasteiger partial charge >= 0.3 is 0 Å². The normalized spacial score (nSPS) is 8.85. The van der Waals surface area contributed by atoms with E-state index < -0.39 is 5.97 Å². The van der Waals surface area contributed by atoms with Crippen LogP contribution in [0.5, 0.6) is 0 Å². The van der Waals surface area contributed by atoms with Crippen LogP contribution in [-0.2, 0) is 17.8 Å². The van der Waals surface area contributed by atoms with Crippen LogP contribution in [0, 0.1) is 0 Å². The van der Waals surface area contributed by atoms with Gasteiger partial charge in [-0.2, -0.15) is 0 Å². The van der Waals surface area contributed by atoms with Crippen molar-refractivity contribution >= 4 is 5.97 Å². The SMILES string of the molecule is CC(=O)[O-].CCc1[nH]cc[n+]1CC. The van der Waals surface area contributed by atoms with E-state index in [1.165, 1.54) is 5.82 Å². The highest BCUT2D eigenvalue weighted by Crippen LogP contribution is 1.85. The summed E-state index contributed by atoms with van der Waals surface area (Å²) >= 11 is 0. The number of hydrogen-bond acceptors (Lipinski definition) is 2. The van der Waals surface area contributed by atoms with Crippen molar-refractivity contribution in [3.05, 3.63) is 18.2 Å². The number of nitrogens with one attached hydrogen (secondary N) is 1. The Bertz CT molecular complexity index is 233. The number of hydrogen-bond donors (Lipinski definition) is 1. The minimum absolute atomic E-state index is 0.972. The third-order valence-electron chi connectivity index (χ3n) is 1.53. The van der Waals surface area contributed by atoms with E-state index in [2.05, 4.69) is 29.6 Å². The molecule has 0 spiro atoms. The largest absolute Gasteiger partial charge is 0.550 e. The predicted octanol–water partition coefficient (Wildman–Crippen LogP) is -0.359. The van der Waals surface area contributed by atoms with Crippen molar-refractivity contribution in [3.63, 3.8) is 0 Å². The van der Waals surface area contributed by atoms with E-state index in [1.807, 2.05) is 6.20 Å². The topological polar surface area (TPSA) is 59.8 Å². The Morgan fingerprint density at radius 1 is 1.62 bits per heavy atom. The van der Waals surface area contributed by atoms with E-state index in [9.17, 15) is 0 Å². The van der Waals surface area contributed by atoms with Gasteiger partial charge in [0, 0.05) is 12.4 Å². The molecule has 1 aromatic heterocycles. The lowest BCUT2D eigenvalue weighted by Gasteiger charge is -1.90. The fraction of sp³-hybridized carbons (Fsp3) is 0.556. The van der Waals surface area contributed by atoms with Crippen LogP contribution in [0.3, 0.4) is 0 Å². The van der Waals surface area contributed by atoms with Crippen molar-refractivity contribution in [2.24, 2.45) is 0 Å². The monoisotopic (exact) mass is 184 g/mol. The minimum Gasteiger partial charge on any atom is -0.550 e. The summed E-state index contributed by atoms with van der Waals surface area (Å²) in [6.07, 6.45) is 5.13. The van der Waals surface area contributed by atoms with Crippen LogP contribution < -0.4 is 9.67 Å². The Kier molecular flexibility index (Phi) is 5.59. The van der Waals surface area contributed by atoms with E-state index in [4.69, 9.17) is 9.90 Å². The molecule has 0 saturated heterocycles. The Hall–Kier alpha value is -1.32. The van der Waals surface area contributed by atoms with Gasteiger partial charge in [0.25, 0.3) is 5.82 Å². The molecule has 1 N–H and O–H groups in total. The van der Waals surface area contributed by atoms with E-state index in [1.54, 1.807) is 0 Å². The number of carbonyl (C=O) groups excluding carboxylic acids is 1. The molecule has 0 fully saturated rings. The van der Waals surface area contributed by atoms with E-state index in [0.717, 1.165) is 19.9 Å². The third-order valence-corrected chi connectivity index (χ3v) is 1.53. The molecule has 0 aliphatic rings. The molecule has 4 nitrogen and oxygen atoms in total. The zero-order valence-electron chi connectivity index (χ0n) is 8.33. The number of carboxylic acid groups (broad SMARTS) is 1. The highest BCUT2D eigenvalue weighted by Gasteiger charge is 2.02. The summed E-state index contributed by atoms with van der Waals surface area (Å²) in [6.45, 7) is 6.33. The molecule has 0 atom stereocenters. The predicted molar refractivity (Wildman–Crippen MR) is 46.7 cm³/mol. The van der Waals surface area contributed by atoms with E-state index >= 15 is 0 Å². The molecule has 0 unspecified atom stereocenters. The number of imidazole rings is 1. The van der Waals surface area contributed by atoms with E-state index in [0.29, 0.717) is 0 Å². The molecular formula is C9H16N2O2. The summed E-state index contributed by atoms with van der Waals surface area (Å²) < 4.78 is 2.21. The number of aryl methyl sites for hydroxylation is 2. The molecule has 0 aliphatic heterocycles. The average molecular weight is 184 g/mol. The summed E-state index contributed by atoms with van der Waals surface area (Å²) in [4.78, 5) is 12.1. The molecular weight excluding hydrogens is 168 g/mol. The molecule has 0 radical (unpaired) electrons. The van der Waals surface area contributed by atoms with Gasteiger partial charge in [0.2, 0.25) is 0 Å². The van der Waals surface area contributed by atoms with Gasteiger partial charge in [-0.05, 0) is 13.8 Å². The molecule has 0 aromatic carbocycles. The maximum atomic E-state index is 8.89. The maximum Gasteiger partial charge on any atom is 0.253 e. The molecule has 1 heterocycles. The van der Waals surface area contributed by atoms with Crippen LogP contribution >= 0.6 is 0 Å². The van der Waals surface area contributed by atoms with E-state index in [-0.39, 0.29) is 0 Å². The minimum atomic E-state index is -1.08. The number of aromatic amines is 1. The Morgan fingerprint density at radius 3 is 2.46 bits per heavy atom. The highest BCUT2D eigenvalue weighted by molar-refractivity contribution is 5.60.